The molecule has 5 nitrogen and oxygen atoms in total. The molecule has 0 aliphatic carbocycles. The second kappa shape index (κ2) is 6.17. The number of para-hydroxylation sites is 1. The van der Waals surface area contributed by atoms with Crippen LogP contribution >= 0.6 is 34.9 Å². The Hall–Kier alpha value is -1.38. The number of nitrogens with zero attached hydrogens (tertiary/aromatic N) is 3. The number of aryl methyl sites for hydroxylation is 1. The largest absolute Gasteiger partial charge is 0.309 e. The van der Waals surface area contributed by atoms with Crippen LogP contribution in [0.15, 0.2) is 31.7 Å². The standard InChI is InChI=1S/C13H12N4OS3/c1-7-4-3-5-8-10(7)14-9(15-11(8)18)6-20-13-17-16-12(19-2)21-13/h3-5H,6H2,1-2H3,(H,14,15,18). The molecule has 0 spiro atoms. The van der Waals surface area contributed by atoms with E-state index in [1.165, 1.54) is 11.8 Å². The van der Waals surface area contributed by atoms with Crippen LogP contribution in [-0.4, -0.2) is 26.4 Å². The van der Waals surface area contributed by atoms with E-state index < -0.39 is 0 Å². The summed E-state index contributed by atoms with van der Waals surface area (Å²) in [5, 5.41) is 8.77. The lowest BCUT2D eigenvalue weighted by Crippen LogP contribution is -2.11. The maximum absolute atomic E-state index is 12.1. The van der Waals surface area contributed by atoms with E-state index in [4.69, 9.17) is 0 Å². The first-order valence-corrected chi connectivity index (χ1v) is 9.19. The molecule has 21 heavy (non-hydrogen) atoms. The normalized spacial score (nSPS) is 11.1. The van der Waals surface area contributed by atoms with Gasteiger partial charge >= 0.3 is 0 Å². The molecule has 3 aromatic rings. The average molecular weight is 336 g/mol. The Balaban J connectivity index is 1.87. The fourth-order valence-corrected chi connectivity index (χ4v) is 4.20. The summed E-state index contributed by atoms with van der Waals surface area (Å²) in [5.41, 5.74) is 1.67. The number of benzene rings is 1. The second-order valence-electron chi connectivity index (χ2n) is 4.31. The molecular weight excluding hydrogens is 324 g/mol. The van der Waals surface area contributed by atoms with Crippen LogP contribution in [0.5, 0.6) is 0 Å². The Bertz CT molecular complexity index is 843. The highest BCUT2D eigenvalue weighted by Crippen LogP contribution is 2.29. The van der Waals surface area contributed by atoms with Crippen LogP contribution in [0.2, 0.25) is 0 Å². The lowest BCUT2D eigenvalue weighted by Gasteiger charge is -2.03. The van der Waals surface area contributed by atoms with Crippen molar-refractivity contribution in [2.75, 3.05) is 6.26 Å². The van der Waals surface area contributed by atoms with Gasteiger partial charge in [0.05, 0.1) is 16.7 Å². The third kappa shape index (κ3) is 3.12. The van der Waals surface area contributed by atoms with Gasteiger partial charge in [-0.05, 0) is 24.8 Å². The Labute approximate surface area is 133 Å². The molecule has 0 amide bonds. The van der Waals surface area contributed by atoms with Gasteiger partial charge in [-0.2, -0.15) is 0 Å². The zero-order valence-electron chi connectivity index (χ0n) is 11.4. The topological polar surface area (TPSA) is 71.5 Å². The molecule has 0 bridgehead atoms. The Morgan fingerprint density at radius 1 is 1.29 bits per heavy atom. The lowest BCUT2D eigenvalue weighted by molar-refractivity contribution is 0.953. The number of fused-ring (bicyclic) bond motifs is 1. The summed E-state index contributed by atoms with van der Waals surface area (Å²) in [6.45, 7) is 1.96. The lowest BCUT2D eigenvalue weighted by atomic mass is 10.1. The predicted octanol–water partition coefficient (Wildman–Crippen LogP) is 3.10. The van der Waals surface area contributed by atoms with Crippen LogP contribution in [0.25, 0.3) is 10.9 Å². The van der Waals surface area contributed by atoms with Crippen LogP contribution in [0.1, 0.15) is 11.4 Å². The highest BCUT2D eigenvalue weighted by atomic mass is 32.2. The molecule has 1 N–H and O–H groups in total. The maximum Gasteiger partial charge on any atom is 0.258 e. The summed E-state index contributed by atoms with van der Waals surface area (Å²) < 4.78 is 1.82. The third-order valence-electron chi connectivity index (χ3n) is 2.88. The highest BCUT2D eigenvalue weighted by Gasteiger charge is 2.08. The van der Waals surface area contributed by atoms with E-state index in [2.05, 4.69) is 20.2 Å². The molecule has 0 saturated carbocycles. The molecule has 108 valence electrons. The van der Waals surface area contributed by atoms with Crippen LogP contribution in [0, 0.1) is 6.92 Å². The van der Waals surface area contributed by atoms with E-state index in [1.54, 1.807) is 29.2 Å². The van der Waals surface area contributed by atoms with Crippen molar-refractivity contribution in [2.24, 2.45) is 0 Å². The second-order valence-corrected chi connectivity index (χ2v) is 7.56. The Kier molecular flexibility index (Phi) is 4.27. The number of aromatic nitrogens is 4. The number of nitrogens with one attached hydrogen (secondary N) is 1. The first-order valence-electron chi connectivity index (χ1n) is 6.16. The van der Waals surface area contributed by atoms with Gasteiger partial charge < -0.3 is 4.98 Å². The van der Waals surface area contributed by atoms with Gasteiger partial charge in [0, 0.05) is 0 Å². The number of H-pyrrole nitrogens is 1. The van der Waals surface area contributed by atoms with Gasteiger partial charge in [0.25, 0.3) is 5.56 Å². The molecule has 0 unspecified atom stereocenters. The van der Waals surface area contributed by atoms with E-state index in [1.807, 2.05) is 25.3 Å². The zero-order valence-corrected chi connectivity index (χ0v) is 13.9. The average Bonchev–Trinajstić information content (AvgIpc) is 2.94. The van der Waals surface area contributed by atoms with Gasteiger partial charge in [-0.1, -0.05) is 47.0 Å². The molecule has 3 rings (SSSR count). The predicted molar refractivity (Wildman–Crippen MR) is 88.4 cm³/mol. The number of hydrogen-bond donors (Lipinski definition) is 1. The SMILES string of the molecule is CSc1nnc(SCc2nc3c(C)cccc3c(=O)[nH]2)s1. The molecule has 8 heteroatoms. The van der Waals surface area contributed by atoms with Crippen molar-refractivity contribution in [1.29, 1.82) is 0 Å². The fourth-order valence-electron chi connectivity index (χ4n) is 1.89. The van der Waals surface area contributed by atoms with E-state index in [-0.39, 0.29) is 5.56 Å². The molecule has 0 aliphatic heterocycles. The summed E-state index contributed by atoms with van der Waals surface area (Å²) in [7, 11) is 0. The van der Waals surface area contributed by atoms with Gasteiger partial charge in [0.2, 0.25) is 0 Å². The van der Waals surface area contributed by atoms with Crippen LogP contribution in [-0.2, 0) is 5.75 Å². The van der Waals surface area contributed by atoms with Crippen molar-refractivity contribution in [2.45, 2.75) is 21.4 Å². The summed E-state index contributed by atoms with van der Waals surface area (Å²) >= 11 is 4.65. The minimum atomic E-state index is -0.0960. The quantitative estimate of drug-likeness (QED) is 0.738. The minimum absolute atomic E-state index is 0.0960. The van der Waals surface area contributed by atoms with Gasteiger partial charge in [-0.3, -0.25) is 4.79 Å². The zero-order chi connectivity index (χ0) is 14.8. The number of hydrogen-bond acceptors (Lipinski definition) is 7. The van der Waals surface area contributed by atoms with Crippen molar-refractivity contribution < 1.29 is 0 Å². The van der Waals surface area contributed by atoms with Gasteiger partial charge in [-0.15, -0.1) is 10.2 Å². The summed E-state index contributed by atoms with van der Waals surface area (Å²) in [4.78, 5) is 19.5. The first-order chi connectivity index (χ1) is 10.2. The maximum atomic E-state index is 12.1. The van der Waals surface area contributed by atoms with E-state index in [0.717, 1.165) is 19.8 Å². The summed E-state index contributed by atoms with van der Waals surface area (Å²) in [6.07, 6.45) is 1.97. The van der Waals surface area contributed by atoms with Crippen molar-refractivity contribution in [1.82, 2.24) is 20.2 Å². The van der Waals surface area contributed by atoms with Crippen molar-refractivity contribution >= 4 is 45.8 Å². The van der Waals surface area contributed by atoms with Crippen LogP contribution in [0.4, 0.5) is 0 Å². The van der Waals surface area contributed by atoms with E-state index in [9.17, 15) is 4.79 Å². The molecule has 0 saturated heterocycles. The van der Waals surface area contributed by atoms with Crippen LogP contribution < -0.4 is 5.56 Å². The molecule has 0 aliphatic rings. The molecule has 2 heterocycles. The Morgan fingerprint density at radius 2 is 2.10 bits per heavy atom. The molecule has 0 atom stereocenters. The molecular formula is C13H12N4OS3. The highest BCUT2D eigenvalue weighted by molar-refractivity contribution is 8.02. The smallest absolute Gasteiger partial charge is 0.258 e. The fraction of sp³-hybridized carbons (Fsp3) is 0.231. The number of aromatic amines is 1. The van der Waals surface area contributed by atoms with Crippen molar-refractivity contribution in [3.63, 3.8) is 0 Å². The molecule has 1 aromatic carbocycles. The van der Waals surface area contributed by atoms with Gasteiger partial charge in [0.1, 0.15) is 5.82 Å². The molecule has 2 aromatic heterocycles. The number of rotatable bonds is 4. The van der Waals surface area contributed by atoms with E-state index >= 15 is 0 Å². The van der Waals surface area contributed by atoms with Gasteiger partial charge in [0.15, 0.2) is 8.68 Å². The molecule has 0 fully saturated rings. The third-order valence-corrected chi connectivity index (χ3v) is 5.93. The van der Waals surface area contributed by atoms with Crippen LogP contribution in [0.3, 0.4) is 0 Å². The summed E-state index contributed by atoms with van der Waals surface area (Å²) in [5.74, 6) is 1.23. The number of thioether (sulfide) groups is 2. The monoisotopic (exact) mass is 336 g/mol. The molecule has 0 radical (unpaired) electrons. The first kappa shape index (κ1) is 14.6. The van der Waals surface area contributed by atoms with Crippen molar-refractivity contribution in [3.8, 4) is 0 Å². The van der Waals surface area contributed by atoms with Gasteiger partial charge in [-0.25, -0.2) is 4.98 Å². The Morgan fingerprint density at radius 3 is 2.86 bits per heavy atom. The van der Waals surface area contributed by atoms with E-state index in [0.29, 0.717) is 17.0 Å². The van der Waals surface area contributed by atoms with Crippen molar-refractivity contribution in [3.05, 3.63) is 39.9 Å². The summed E-state index contributed by atoms with van der Waals surface area (Å²) in [6, 6.07) is 5.62. The minimum Gasteiger partial charge on any atom is -0.309 e.